The molecule has 10 heteroatoms. The third kappa shape index (κ3) is 8.31. The van der Waals surface area contributed by atoms with E-state index in [4.69, 9.17) is 21.3 Å². The standard InChI is InChI=1S/C41H49ClN6O3/c1-2-34-27-45(29-44-34)21-10-22-47(26-30-11-5-3-6-12-30)40(49)37-28-46(23-24-48(37)41(50)51-35-14-7-4-8-15-35)39-36-19-18-33(42)25-32(36)17-16-31-13-9-20-43-38(31)39/h3,5-6,9,11-13,18-20,25,27,29,35,37,39H,2,4,7-8,10,14-17,21-24,26,28H2,1H3/t37-,39-/m1/s1. The topological polar surface area (TPSA) is 83.8 Å². The number of aryl methyl sites for hydroxylation is 4. The van der Waals surface area contributed by atoms with Crippen LogP contribution in [0, 0.1) is 0 Å². The average molecular weight is 709 g/mol. The number of carbonyl (C=O) groups excluding carboxylic acids is 2. The molecule has 1 saturated carbocycles. The molecule has 1 saturated heterocycles. The van der Waals surface area contributed by atoms with Crippen molar-refractivity contribution in [2.24, 2.45) is 0 Å². The van der Waals surface area contributed by atoms with Gasteiger partial charge in [-0.2, -0.15) is 0 Å². The maximum atomic E-state index is 15.0. The molecule has 2 aromatic heterocycles. The third-order valence-electron chi connectivity index (χ3n) is 10.8. The van der Waals surface area contributed by atoms with Crippen LogP contribution in [0.5, 0.6) is 0 Å². The van der Waals surface area contributed by atoms with Gasteiger partial charge in [-0.3, -0.25) is 19.6 Å². The highest BCUT2D eigenvalue weighted by Crippen LogP contribution is 2.38. The van der Waals surface area contributed by atoms with Gasteiger partial charge in [-0.25, -0.2) is 9.78 Å². The molecule has 2 fully saturated rings. The second-order valence-electron chi connectivity index (χ2n) is 14.2. The summed E-state index contributed by atoms with van der Waals surface area (Å²) in [5, 5.41) is 0.716. The van der Waals surface area contributed by atoms with Gasteiger partial charge in [-0.05, 0) is 91.8 Å². The first-order chi connectivity index (χ1) is 25.0. The minimum absolute atomic E-state index is 0.0600. The molecule has 0 bridgehead atoms. The van der Waals surface area contributed by atoms with Gasteiger partial charge in [0.05, 0.1) is 23.8 Å². The van der Waals surface area contributed by atoms with Gasteiger partial charge >= 0.3 is 6.09 Å². The van der Waals surface area contributed by atoms with Crippen LogP contribution in [0.3, 0.4) is 0 Å². The number of piperazine rings is 1. The summed E-state index contributed by atoms with van der Waals surface area (Å²) in [6.07, 6.45) is 13.8. The lowest BCUT2D eigenvalue weighted by atomic mass is 9.95. The molecule has 1 aliphatic heterocycles. The van der Waals surface area contributed by atoms with Gasteiger partial charge in [0.25, 0.3) is 0 Å². The van der Waals surface area contributed by atoms with Gasteiger partial charge < -0.3 is 14.2 Å². The second kappa shape index (κ2) is 16.4. The molecule has 7 rings (SSSR count). The molecule has 0 radical (unpaired) electrons. The summed E-state index contributed by atoms with van der Waals surface area (Å²) in [6.45, 7) is 5.20. The molecule has 2 aromatic carbocycles. The van der Waals surface area contributed by atoms with Gasteiger partial charge in [0.1, 0.15) is 12.1 Å². The quantitative estimate of drug-likeness (QED) is 0.173. The van der Waals surface area contributed by atoms with Crippen molar-refractivity contribution in [3.63, 3.8) is 0 Å². The molecule has 268 valence electrons. The van der Waals surface area contributed by atoms with Crippen LogP contribution in [0.2, 0.25) is 5.02 Å². The van der Waals surface area contributed by atoms with E-state index < -0.39 is 6.04 Å². The minimum Gasteiger partial charge on any atom is -0.446 e. The summed E-state index contributed by atoms with van der Waals surface area (Å²) in [4.78, 5) is 44.5. The fraction of sp³-hybridized carbons (Fsp3) is 0.463. The van der Waals surface area contributed by atoms with Crippen molar-refractivity contribution in [3.05, 3.63) is 118 Å². The Kier molecular flexibility index (Phi) is 11.3. The highest BCUT2D eigenvalue weighted by Gasteiger charge is 2.42. The average Bonchev–Trinajstić information content (AvgIpc) is 3.56. The molecule has 3 aliphatic rings. The number of imidazole rings is 1. The number of nitrogens with zero attached hydrogens (tertiary/aromatic N) is 6. The summed E-state index contributed by atoms with van der Waals surface area (Å²) in [7, 11) is 0. The van der Waals surface area contributed by atoms with Gasteiger partial charge in [0.15, 0.2) is 0 Å². The first-order valence-corrected chi connectivity index (χ1v) is 19.1. The molecule has 0 N–H and O–H groups in total. The lowest BCUT2D eigenvalue weighted by Gasteiger charge is -2.45. The SMILES string of the molecule is CCc1cn(CCCN(Cc2ccccc2)C(=O)[C@H]2CN([C@@H]3c4ccc(Cl)cc4CCc4cccnc43)CCN2C(=O)OC2CCCCC2)cn1. The Balaban J connectivity index is 1.20. The van der Waals surface area contributed by atoms with Crippen LogP contribution in [0.25, 0.3) is 0 Å². The zero-order valence-electron chi connectivity index (χ0n) is 29.6. The molecule has 51 heavy (non-hydrogen) atoms. The van der Waals surface area contributed by atoms with Gasteiger partial charge in [-0.1, -0.05) is 67.4 Å². The molecule has 3 heterocycles. The number of benzene rings is 2. The number of amides is 2. The number of carbonyl (C=O) groups is 2. The summed E-state index contributed by atoms with van der Waals surface area (Å²) in [6, 6.07) is 19.5. The van der Waals surface area contributed by atoms with Crippen LogP contribution in [0.15, 0.2) is 79.4 Å². The monoisotopic (exact) mass is 708 g/mol. The normalized spacial score (nSPS) is 19.5. The summed E-state index contributed by atoms with van der Waals surface area (Å²) in [5.41, 5.74) is 6.68. The van der Waals surface area contributed by atoms with E-state index in [1.807, 2.05) is 47.8 Å². The van der Waals surface area contributed by atoms with Gasteiger partial charge in [0, 0.05) is 56.7 Å². The Morgan fingerprint density at radius 3 is 2.59 bits per heavy atom. The van der Waals surface area contributed by atoms with E-state index in [2.05, 4.69) is 57.9 Å². The molecule has 0 unspecified atom stereocenters. The number of rotatable bonds is 10. The van der Waals surface area contributed by atoms with Crippen molar-refractivity contribution < 1.29 is 14.3 Å². The minimum atomic E-state index is -0.718. The zero-order valence-corrected chi connectivity index (χ0v) is 30.4. The highest BCUT2D eigenvalue weighted by molar-refractivity contribution is 6.30. The van der Waals surface area contributed by atoms with Crippen LogP contribution in [0.4, 0.5) is 4.79 Å². The number of aromatic nitrogens is 3. The van der Waals surface area contributed by atoms with Crippen molar-refractivity contribution in [1.29, 1.82) is 0 Å². The largest absolute Gasteiger partial charge is 0.446 e. The van der Waals surface area contributed by atoms with Crippen molar-refractivity contribution in [2.45, 2.75) is 96.0 Å². The van der Waals surface area contributed by atoms with E-state index >= 15 is 4.79 Å². The number of halogens is 1. The molecular formula is C41H49ClN6O3. The van der Waals surface area contributed by atoms with Crippen LogP contribution < -0.4 is 0 Å². The van der Waals surface area contributed by atoms with Crippen molar-refractivity contribution in [3.8, 4) is 0 Å². The fourth-order valence-electron chi connectivity index (χ4n) is 8.05. The Morgan fingerprint density at radius 2 is 1.78 bits per heavy atom. The predicted molar refractivity (Wildman–Crippen MR) is 198 cm³/mol. The Hall–Kier alpha value is -4.21. The number of pyridine rings is 1. The number of fused-ring (bicyclic) bond motifs is 2. The fourth-order valence-corrected chi connectivity index (χ4v) is 8.25. The summed E-state index contributed by atoms with van der Waals surface area (Å²) >= 11 is 6.52. The van der Waals surface area contributed by atoms with Crippen molar-refractivity contribution >= 4 is 23.6 Å². The predicted octanol–water partition coefficient (Wildman–Crippen LogP) is 7.26. The summed E-state index contributed by atoms with van der Waals surface area (Å²) < 4.78 is 8.25. The van der Waals surface area contributed by atoms with E-state index in [1.165, 1.54) is 17.5 Å². The Bertz CT molecular complexity index is 1790. The van der Waals surface area contributed by atoms with E-state index in [1.54, 1.807) is 4.90 Å². The van der Waals surface area contributed by atoms with E-state index in [0.29, 0.717) is 37.7 Å². The van der Waals surface area contributed by atoms with Gasteiger partial charge in [0.2, 0.25) is 5.91 Å². The number of hydrogen-bond donors (Lipinski definition) is 0. The van der Waals surface area contributed by atoms with E-state index in [0.717, 1.165) is 80.4 Å². The molecule has 9 nitrogen and oxygen atoms in total. The van der Waals surface area contributed by atoms with Crippen molar-refractivity contribution in [1.82, 2.24) is 29.2 Å². The lowest BCUT2D eigenvalue weighted by Crippen LogP contribution is -2.62. The van der Waals surface area contributed by atoms with E-state index in [9.17, 15) is 4.79 Å². The Labute approximate surface area is 306 Å². The summed E-state index contributed by atoms with van der Waals surface area (Å²) in [5.74, 6) is -0.0600. The van der Waals surface area contributed by atoms with Crippen LogP contribution in [-0.4, -0.2) is 79.6 Å². The third-order valence-corrected chi connectivity index (χ3v) is 11.0. The van der Waals surface area contributed by atoms with Gasteiger partial charge in [-0.15, -0.1) is 0 Å². The molecule has 0 spiro atoms. The molecular weight excluding hydrogens is 660 g/mol. The van der Waals surface area contributed by atoms with Crippen molar-refractivity contribution in [2.75, 3.05) is 26.2 Å². The number of ether oxygens (including phenoxy) is 1. The molecule has 2 amide bonds. The maximum Gasteiger partial charge on any atom is 0.410 e. The molecule has 2 atom stereocenters. The molecule has 2 aliphatic carbocycles. The second-order valence-corrected chi connectivity index (χ2v) is 14.6. The number of hydrogen-bond acceptors (Lipinski definition) is 6. The zero-order chi connectivity index (χ0) is 35.2. The highest BCUT2D eigenvalue weighted by atomic mass is 35.5. The first kappa shape index (κ1) is 35.2. The first-order valence-electron chi connectivity index (χ1n) is 18.7. The molecule has 4 aromatic rings. The van der Waals surface area contributed by atoms with E-state index in [-0.39, 0.29) is 24.1 Å². The lowest BCUT2D eigenvalue weighted by molar-refractivity contribution is -0.140. The van der Waals surface area contributed by atoms with Crippen LogP contribution in [-0.2, 0) is 41.9 Å². The van der Waals surface area contributed by atoms with Crippen LogP contribution in [0.1, 0.15) is 85.1 Å². The maximum absolute atomic E-state index is 15.0. The smallest absolute Gasteiger partial charge is 0.410 e. The Morgan fingerprint density at radius 1 is 0.961 bits per heavy atom. The van der Waals surface area contributed by atoms with Crippen LogP contribution >= 0.6 is 11.6 Å².